The molecule has 1 amide bonds. The minimum Gasteiger partial charge on any atom is -0.465 e. The van der Waals surface area contributed by atoms with Crippen molar-refractivity contribution in [3.05, 3.63) is 35.1 Å². The lowest BCUT2D eigenvalue weighted by molar-refractivity contribution is 0.209. The van der Waals surface area contributed by atoms with Gasteiger partial charge in [-0.2, -0.15) is 9.78 Å². The van der Waals surface area contributed by atoms with Gasteiger partial charge in [0.15, 0.2) is 5.82 Å². The van der Waals surface area contributed by atoms with Crippen LogP contribution in [0.5, 0.6) is 0 Å². The van der Waals surface area contributed by atoms with E-state index in [0.29, 0.717) is 11.6 Å². The SMILES string of the molecule is O=C(O)Nc1ccnn1-c1ccc(Br)cn1. The van der Waals surface area contributed by atoms with Crippen LogP contribution in [0.3, 0.4) is 0 Å². The van der Waals surface area contributed by atoms with Gasteiger partial charge in [0.1, 0.15) is 5.82 Å². The fourth-order valence-electron chi connectivity index (χ4n) is 1.18. The number of aromatic nitrogens is 3. The first-order valence-corrected chi connectivity index (χ1v) is 5.12. The van der Waals surface area contributed by atoms with E-state index in [0.717, 1.165) is 4.47 Å². The number of amides is 1. The largest absolute Gasteiger partial charge is 0.465 e. The molecule has 0 saturated heterocycles. The number of carbonyl (C=O) groups is 1. The number of nitrogens with zero attached hydrogens (tertiary/aromatic N) is 3. The number of nitrogens with one attached hydrogen (secondary N) is 1. The van der Waals surface area contributed by atoms with Crippen LogP contribution in [0, 0.1) is 0 Å². The maximum Gasteiger partial charge on any atom is 0.410 e. The molecule has 0 unspecified atom stereocenters. The van der Waals surface area contributed by atoms with Crippen LogP contribution in [0.4, 0.5) is 10.6 Å². The van der Waals surface area contributed by atoms with Crippen molar-refractivity contribution in [2.75, 3.05) is 5.32 Å². The topological polar surface area (TPSA) is 80.0 Å². The fraction of sp³-hybridized carbons (Fsp3) is 0. The Hall–Kier alpha value is -1.89. The fourth-order valence-corrected chi connectivity index (χ4v) is 1.42. The number of halogens is 1. The second-order valence-electron chi connectivity index (χ2n) is 2.89. The summed E-state index contributed by atoms with van der Waals surface area (Å²) >= 11 is 3.27. The molecule has 16 heavy (non-hydrogen) atoms. The van der Waals surface area contributed by atoms with Crippen LogP contribution in [-0.2, 0) is 0 Å². The first-order chi connectivity index (χ1) is 7.66. The van der Waals surface area contributed by atoms with E-state index in [9.17, 15) is 4.79 Å². The Morgan fingerprint density at radius 3 is 2.88 bits per heavy atom. The van der Waals surface area contributed by atoms with E-state index in [1.54, 1.807) is 24.4 Å². The summed E-state index contributed by atoms with van der Waals surface area (Å²) in [5, 5.41) is 14.8. The van der Waals surface area contributed by atoms with Gasteiger partial charge < -0.3 is 5.11 Å². The van der Waals surface area contributed by atoms with E-state index in [2.05, 4.69) is 31.3 Å². The molecule has 6 nitrogen and oxygen atoms in total. The van der Waals surface area contributed by atoms with Crippen LogP contribution in [-0.4, -0.2) is 26.0 Å². The molecule has 0 radical (unpaired) electrons. The number of anilines is 1. The van der Waals surface area contributed by atoms with Gasteiger partial charge in [-0.3, -0.25) is 5.32 Å². The summed E-state index contributed by atoms with van der Waals surface area (Å²) in [4.78, 5) is 14.6. The maximum atomic E-state index is 10.5. The molecule has 0 atom stereocenters. The maximum absolute atomic E-state index is 10.5. The zero-order valence-corrected chi connectivity index (χ0v) is 9.55. The molecule has 0 fully saturated rings. The van der Waals surface area contributed by atoms with Crippen molar-refractivity contribution in [2.45, 2.75) is 0 Å². The van der Waals surface area contributed by atoms with Gasteiger partial charge in [-0.05, 0) is 28.1 Å². The van der Waals surface area contributed by atoms with E-state index >= 15 is 0 Å². The highest BCUT2D eigenvalue weighted by Crippen LogP contribution is 2.14. The molecular weight excluding hydrogens is 276 g/mol. The molecule has 0 aliphatic carbocycles. The molecule has 0 aromatic carbocycles. The van der Waals surface area contributed by atoms with E-state index in [1.165, 1.54) is 10.9 Å². The van der Waals surface area contributed by atoms with Gasteiger partial charge in [0.2, 0.25) is 0 Å². The predicted molar refractivity (Wildman–Crippen MR) is 60.7 cm³/mol. The Morgan fingerprint density at radius 2 is 2.25 bits per heavy atom. The highest BCUT2D eigenvalue weighted by atomic mass is 79.9. The molecule has 2 N–H and O–H groups in total. The van der Waals surface area contributed by atoms with Crippen LogP contribution in [0.25, 0.3) is 5.82 Å². The van der Waals surface area contributed by atoms with Gasteiger partial charge in [0, 0.05) is 16.7 Å². The summed E-state index contributed by atoms with van der Waals surface area (Å²) in [6, 6.07) is 5.08. The zero-order valence-electron chi connectivity index (χ0n) is 7.96. The molecular formula is C9H7BrN4O2. The highest BCUT2D eigenvalue weighted by molar-refractivity contribution is 9.10. The Balaban J connectivity index is 2.36. The monoisotopic (exact) mass is 282 g/mol. The third-order valence-corrected chi connectivity index (χ3v) is 2.28. The summed E-state index contributed by atoms with van der Waals surface area (Å²) in [6.07, 6.45) is 1.97. The summed E-state index contributed by atoms with van der Waals surface area (Å²) in [7, 11) is 0. The molecule has 2 heterocycles. The molecule has 0 bridgehead atoms. The molecule has 2 rings (SSSR count). The smallest absolute Gasteiger partial charge is 0.410 e. The van der Waals surface area contributed by atoms with Gasteiger partial charge in [0.25, 0.3) is 0 Å². The average molecular weight is 283 g/mol. The number of carboxylic acid groups (broad SMARTS) is 1. The molecule has 0 spiro atoms. The van der Waals surface area contributed by atoms with E-state index in [4.69, 9.17) is 5.11 Å². The van der Waals surface area contributed by atoms with Gasteiger partial charge in [-0.1, -0.05) is 0 Å². The van der Waals surface area contributed by atoms with Crippen molar-refractivity contribution in [2.24, 2.45) is 0 Å². The van der Waals surface area contributed by atoms with Crippen molar-refractivity contribution < 1.29 is 9.90 Å². The van der Waals surface area contributed by atoms with Crippen LogP contribution in [0.2, 0.25) is 0 Å². The van der Waals surface area contributed by atoms with Gasteiger partial charge in [0.05, 0.1) is 6.20 Å². The molecule has 0 aliphatic heterocycles. The van der Waals surface area contributed by atoms with Crippen molar-refractivity contribution >= 4 is 27.8 Å². The second kappa shape index (κ2) is 4.31. The molecule has 7 heteroatoms. The van der Waals surface area contributed by atoms with Crippen molar-refractivity contribution in [3.8, 4) is 5.82 Å². The first-order valence-electron chi connectivity index (χ1n) is 4.33. The standard InChI is InChI=1S/C9H7BrN4O2/c10-6-1-2-7(11-5-6)14-8(3-4-12-14)13-9(15)16/h1-5,13H,(H,15,16). The second-order valence-corrected chi connectivity index (χ2v) is 3.81. The summed E-state index contributed by atoms with van der Waals surface area (Å²) in [5.41, 5.74) is 0. The van der Waals surface area contributed by atoms with Crippen LogP contribution >= 0.6 is 15.9 Å². The Labute approximate surface area is 99.1 Å². The number of rotatable bonds is 2. The van der Waals surface area contributed by atoms with Crippen molar-refractivity contribution in [1.82, 2.24) is 14.8 Å². The third kappa shape index (κ3) is 2.19. The van der Waals surface area contributed by atoms with Crippen LogP contribution < -0.4 is 5.32 Å². The summed E-state index contributed by atoms with van der Waals surface area (Å²) < 4.78 is 2.25. The van der Waals surface area contributed by atoms with Crippen LogP contribution in [0.15, 0.2) is 35.1 Å². The zero-order chi connectivity index (χ0) is 11.5. The Morgan fingerprint density at radius 1 is 1.44 bits per heavy atom. The van der Waals surface area contributed by atoms with Gasteiger partial charge in [-0.15, -0.1) is 0 Å². The summed E-state index contributed by atoms with van der Waals surface area (Å²) in [5.74, 6) is 0.888. The lowest BCUT2D eigenvalue weighted by Gasteiger charge is -2.05. The van der Waals surface area contributed by atoms with E-state index < -0.39 is 6.09 Å². The minimum atomic E-state index is -1.14. The number of hydrogen-bond donors (Lipinski definition) is 2. The lowest BCUT2D eigenvalue weighted by Crippen LogP contribution is -2.12. The van der Waals surface area contributed by atoms with Crippen LogP contribution in [0.1, 0.15) is 0 Å². The van der Waals surface area contributed by atoms with Crippen molar-refractivity contribution in [1.29, 1.82) is 0 Å². The number of hydrogen-bond acceptors (Lipinski definition) is 3. The normalized spacial score (nSPS) is 10.1. The quantitative estimate of drug-likeness (QED) is 0.884. The molecule has 2 aromatic rings. The number of pyridine rings is 1. The van der Waals surface area contributed by atoms with Gasteiger partial charge in [-0.25, -0.2) is 9.78 Å². The van der Waals surface area contributed by atoms with E-state index in [1.807, 2.05) is 0 Å². The first kappa shape index (κ1) is 10.6. The summed E-state index contributed by atoms with van der Waals surface area (Å²) in [6.45, 7) is 0. The van der Waals surface area contributed by atoms with Crippen molar-refractivity contribution in [3.63, 3.8) is 0 Å². The molecule has 82 valence electrons. The Kier molecular flexibility index (Phi) is 2.86. The highest BCUT2D eigenvalue weighted by Gasteiger charge is 2.07. The molecule has 0 aliphatic rings. The third-order valence-electron chi connectivity index (χ3n) is 1.81. The molecule has 2 aromatic heterocycles. The Bertz CT molecular complexity index is 508. The van der Waals surface area contributed by atoms with Gasteiger partial charge >= 0.3 is 6.09 Å². The minimum absolute atomic E-state index is 0.349. The lowest BCUT2D eigenvalue weighted by atomic mass is 10.4. The predicted octanol–water partition coefficient (Wildman–Crippen LogP) is 2.12. The molecule has 0 saturated carbocycles. The average Bonchev–Trinajstić information content (AvgIpc) is 2.66. The van der Waals surface area contributed by atoms with E-state index in [-0.39, 0.29) is 0 Å².